The number of primary amides is 1. The number of amides is 1. The fourth-order valence-corrected chi connectivity index (χ4v) is 2.36. The van der Waals surface area contributed by atoms with Crippen LogP contribution in [-0.2, 0) is 9.22 Å². The molecular formula is C13H24N2O3Si. The maximum atomic E-state index is 11.2. The summed E-state index contributed by atoms with van der Waals surface area (Å²) in [5, 5.41) is 9.73. The SMILES string of the molecule is CC(C)(C)[Si](C)(C)OCC1=NCC(O)C(C(N)=O)=C1. The van der Waals surface area contributed by atoms with Gasteiger partial charge in [-0.05, 0) is 24.2 Å². The van der Waals surface area contributed by atoms with E-state index in [-0.39, 0.29) is 17.2 Å². The highest BCUT2D eigenvalue weighted by molar-refractivity contribution is 6.74. The minimum atomic E-state index is -1.84. The van der Waals surface area contributed by atoms with Crippen LogP contribution < -0.4 is 5.73 Å². The molecule has 0 aromatic rings. The largest absolute Gasteiger partial charge is 0.411 e. The second kappa shape index (κ2) is 5.56. The van der Waals surface area contributed by atoms with Crippen molar-refractivity contribution in [1.29, 1.82) is 0 Å². The van der Waals surface area contributed by atoms with Crippen LogP contribution in [0.15, 0.2) is 16.6 Å². The van der Waals surface area contributed by atoms with E-state index in [1.165, 1.54) is 0 Å². The summed E-state index contributed by atoms with van der Waals surface area (Å²) in [5.41, 5.74) is 6.10. The highest BCUT2D eigenvalue weighted by Gasteiger charge is 2.37. The Balaban J connectivity index is 2.73. The van der Waals surface area contributed by atoms with Crippen molar-refractivity contribution in [2.75, 3.05) is 13.2 Å². The number of dihydropyridines is 1. The molecule has 1 rings (SSSR count). The number of hydrogen-bond donors (Lipinski definition) is 2. The van der Waals surface area contributed by atoms with Crippen molar-refractivity contribution in [1.82, 2.24) is 0 Å². The van der Waals surface area contributed by atoms with Gasteiger partial charge in [-0.15, -0.1) is 0 Å². The molecule has 0 saturated carbocycles. The molecule has 19 heavy (non-hydrogen) atoms. The number of carbonyl (C=O) groups is 1. The Bertz CT molecular complexity index is 422. The van der Waals surface area contributed by atoms with Crippen molar-refractivity contribution in [3.05, 3.63) is 11.6 Å². The van der Waals surface area contributed by atoms with Crippen LogP contribution in [0.2, 0.25) is 18.1 Å². The van der Waals surface area contributed by atoms with Crippen molar-refractivity contribution >= 4 is 19.9 Å². The molecule has 0 spiro atoms. The molecule has 1 amide bonds. The van der Waals surface area contributed by atoms with E-state index < -0.39 is 20.3 Å². The standard InChI is InChI=1S/C13H24N2O3Si/c1-13(2,3)19(4,5)18-8-9-6-10(12(14)17)11(16)7-15-9/h6,11,16H,7-8H2,1-5H3,(H2,14,17). The Morgan fingerprint density at radius 1 is 1.58 bits per heavy atom. The maximum Gasteiger partial charge on any atom is 0.247 e. The Kier molecular flexibility index (Phi) is 4.70. The molecule has 0 aromatic carbocycles. The van der Waals surface area contributed by atoms with E-state index in [9.17, 15) is 9.90 Å². The molecule has 3 N–H and O–H groups in total. The Morgan fingerprint density at radius 2 is 2.16 bits per heavy atom. The van der Waals surface area contributed by atoms with E-state index in [1.54, 1.807) is 6.08 Å². The second-order valence-electron chi connectivity index (χ2n) is 6.36. The van der Waals surface area contributed by atoms with Crippen LogP contribution in [-0.4, -0.2) is 44.3 Å². The molecule has 0 aromatic heterocycles. The summed E-state index contributed by atoms with van der Waals surface area (Å²) in [6.45, 7) is 11.3. The van der Waals surface area contributed by atoms with E-state index in [0.29, 0.717) is 12.3 Å². The molecule has 0 aliphatic carbocycles. The third-order valence-electron chi connectivity index (χ3n) is 3.82. The number of nitrogens with zero attached hydrogens (tertiary/aromatic N) is 1. The van der Waals surface area contributed by atoms with Crippen molar-refractivity contribution < 1.29 is 14.3 Å². The lowest BCUT2D eigenvalue weighted by atomic mass is 10.0. The summed E-state index contributed by atoms with van der Waals surface area (Å²) in [6, 6.07) is 0. The predicted molar refractivity (Wildman–Crippen MR) is 78.7 cm³/mol. The molecule has 1 atom stereocenters. The van der Waals surface area contributed by atoms with Gasteiger partial charge in [0, 0.05) is 5.57 Å². The van der Waals surface area contributed by atoms with Crippen molar-refractivity contribution in [3.8, 4) is 0 Å². The average molecular weight is 284 g/mol. The van der Waals surface area contributed by atoms with Crippen LogP contribution >= 0.6 is 0 Å². The summed E-state index contributed by atoms with van der Waals surface area (Å²) in [5.74, 6) is -0.604. The van der Waals surface area contributed by atoms with Crippen molar-refractivity contribution in [2.45, 2.75) is 45.0 Å². The van der Waals surface area contributed by atoms with Crippen LogP contribution in [0.25, 0.3) is 0 Å². The van der Waals surface area contributed by atoms with E-state index >= 15 is 0 Å². The summed E-state index contributed by atoms with van der Waals surface area (Å²) < 4.78 is 6.03. The topological polar surface area (TPSA) is 84.9 Å². The van der Waals surface area contributed by atoms with Gasteiger partial charge >= 0.3 is 0 Å². The van der Waals surface area contributed by atoms with Crippen LogP contribution in [0, 0.1) is 0 Å². The van der Waals surface area contributed by atoms with Gasteiger partial charge < -0.3 is 15.3 Å². The zero-order valence-corrected chi connectivity index (χ0v) is 13.4. The number of aliphatic imine (C=N–C) groups is 1. The molecule has 0 saturated heterocycles. The zero-order chi connectivity index (χ0) is 14.8. The van der Waals surface area contributed by atoms with Crippen LogP contribution in [0.3, 0.4) is 0 Å². The molecule has 1 aliphatic heterocycles. The molecule has 0 bridgehead atoms. The van der Waals surface area contributed by atoms with E-state index in [1.807, 2.05) is 0 Å². The summed E-state index contributed by atoms with van der Waals surface area (Å²) in [7, 11) is -1.84. The van der Waals surface area contributed by atoms with Crippen LogP contribution in [0.4, 0.5) is 0 Å². The van der Waals surface area contributed by atoms with Crippen LogP contribution in [0.1, 0.15) is 20.8 Å². The second-order valence-corrected chi connectivity index (χ2v) is 11.2. The van der Waals surface area contributed by atoms with Gasteiger partial charge in [0.2, 0.25) is 5.91 Å². The van der Waals surface area contributed by atoms with Crippen molar-refractivity contribution in [3.63, 3.8) is 0 Å². The first-order valence-electron chi connectivity index (χ1n) is 6.41. The van der Waals surface area contributed by atoms with E-state index in [2.05, 4.69) is 38.9 Å². The third kappa shape index (κ3) is 3.99. The minimum absolute atomic E-state index is 0.123. The van der Waals surface area contributed by atoms with Gasteiger partial charge in [0.25, 0.3) is 0 Å². The lowest BCUT2D eigenvalue weighted by Crippen LogP contribution is -2.42. The van der Waals surface area contributed by atoms with Gasteiger partial charge in [0.1, 0.15) is 6.10 Å². The summed E-state index contributed by atoms with van der Waals surface area (Å²) in [4.78, 5) is 15.4. The van der Waals surface area contributed by atoms with E-state index in [0.717, 1.165) is 0 Å². The first kappa shape index (κ1) is 16.1. The quantitative estimate of drug-likeness (QED) is 0.762. The maximum absolute atomic E-state index is 11.2. The number of aliphatic hydroxyl groups excluding tert-OH is 1. The number of hydrogen-bond acceptors (Lipinski definition) is 4. The molecule has 0 fully saturated rings. The molecule has 6 heteroatoms. The number of rotatable bonds is 4. The van der Waals surface area contributed by atoms with Gasteiger partial charge in [0.15, 0.2) is 8.32 Å². The number of aliphatic hydroxyl groups is 1. The van der Waals surface area contributed by atoms with Gasteiger partial charge in [-0.1, -0.05) is 20.8 Å². The van der Waals surface area contributed by atoms with Gasteiger partial charge in [0.05, 0.1) is 18.9 Å². The zero-order valence-electron chi connectivity index (χ0n) is 12.4. The lowest BCUT2D eigenvalue weighted by Gasteiger charge is -2.36. The molecule has 1 aliphatic rings. The monoisotopic (exact) mass is 284 g/mol. The first-order valence-corrected chi connectivity index (χ1v) is 9.32. The Labute approximate surface area is 115 Å². The molecule has 1 unspecified atom stereocenters. The molecule has 5 nitrogen and oxygen atoms in total. The highest BCUT2D eigenvalue weighted by atomic mass is 28.4. The van der Waals surface area contributed by atoms with Crippen molar-refractivity contribution in [2.24, 2.45) is 10.7 Å². The molecule has 1 heterocycles. The Hall–Kier alpha value is -0.983. The lowest BCUT2D eigenvalue weighted by molar-refractivity contribution is -0.115. The third-order valence-corrected chi connectivity index (χ3v) is 8.30. The average Bonchev–Trinajstić information content (AvgIpc) is 2.26. The fourth-order valence-electron chi connectivity index (χ4n) is 1.42. The minimum Gasteiger partial charge on any atom is -0.411 e. The number of nitrogens with two attached hydrogens (primary N) is 1. The molecule has 108 valence electrons. The normalized spacial score (nSPS) is 20.8. The number of carbonyl (C=O) groups excluding carboxylic acids is 1. The fraction of sp³-hybridized carbons (Fsp3) is 0.692. The summed E-state index contributed by atoms with van der Waals surface area (Å²) >= 11 is 0. The highest BCUT2D eigenvalue weighted by Crippen LogP contribution is 2.36. The van der Waals surface area contributed by atoms with Crippen LogP contribution in [0.5, 0.6) is 0 Å². The predicted octanol–water partition coefficient (Wildman–Crippen LogP) is 1.24. The van der Waals surface area contributed by atoms with Gasteiger partial charge in [-0.25, -0.2) is 0 Å². The molecule has 0 radical (unpaired) electrons. The first-order chi connectivity index (χ1) is 8.54. The van der Waals surface area contributed by atoms with Gasteiger partial charge in [-0.3, -0.25) is 9.79 Å². The Morgan fingerprint density at radius 3 is 2.63 bits per heavy atom. The smallest absolute Gasteiger partial charge is 0.247 e. The van der Waals surface area contributed by atoms with E-state index in [4.69, 9.17) is 10.2 Å². The van der Waals surface area contributed by atoms with Gasteiger partial charge in [-0.2, -0.15) is 0 Å². The summed E-state index contributed by atoms with van der Waals surface area (Å²) in [6.07, 6.45) is 0.651. The molecular weight excluding hydrogens is 260 g/mol.